The van der Waals surface area contributed by atoms with Crippen molar-refractivity contribution in [1.29, 1.82) is 0 Å². The molecule has 158 valence electrons. The van der Waals surface area contributed by atoms with Crippen LogP contribution in [0.25, 0.3) is 0 Å². The molecule has 0 aromatic heterocycles. The summed E-state index contributed by atoms with van der Waals surface area (Å²) in [6.45, 7) is 8.71. The first-order valence-corrected chi connectivity index (χ1v) is 9.51. The maximum Gasteiger partial charge on any atom is 0.411 e. The van der Waals surface area contributed by atoms with Crippen LogP contribution in [0, 0.1) is 0 Å². The van der Waals surface area contributed by atoms with Gasteiger partial charge in [0.2, 0.25) is 0 Å². The van der Waals surface area contributed by atoms with E-state index in [4.69, 9.17) is 9.47 Å². The van der Waals surface area contributed by atoms with Crippen LogP contribution in [0.15, 0.2) is 0 Å². The maximum absolute atomic E-state index is 13.0. The predicted molar refractivity (Wildman–Crippen MR) is 99.0 cm³/mol. The molecule has 27 heavy (non-hydrogen) atoms. The van der Waals surface area contributed by atoms with Gasteiger partial charge in [-0.15, -0.1) is 11.8 Å². The molecular formula is C17H30F2N2O5S. The van der Waals surface area contributed by atoms with Gasteiger partial charge in [-0.25, -0.2) is 18.4 Å². The number of rotatable bonds is 6. The Hall–Kier alpha value is -1.29. The predicted octanol–water partition coefficient (Wildman–Crippen LogP) is 3.16. The fourth-order valence-electron chi connectivity index (χ4n) is 2.39. The lowest BCUT2D eigenvalue weighted by Gasteiger charge is -2.35. The summed E-state index contributed by atoms with van der Waals surface area (Å²) in [5.41, 5.74) is -1.59. The molecule has 1 aliphatic rings. The van der Waals surface area contributed by atoms with Crippen molar-refractivity contribution < 1.29 is 33.0 Å². The SMILES string of the molecule is CN(C(=O)OC(C)(C)C)[C@@]1(CN(CC(F)F)C(=O)OC(C)(C)C)SC1CO. The lowest BCUT2D eigenvalue weighted by Crippen LogP contribution is -2.53. The molecule has 0 aromatic carbocycles. The second-order valence-electron chi connectivity index (χ2n) is 8.43. The van der Waals surface area contributed by atoms with Crippen LogP contribution in [0.1, 0.15) is 41.5 Å². The molecule has 0 spiro atoms. The van der Waals surface area contributed by atoms with E-state index in [-0.39, 0.29) is 13.2 Å². The maximum atomic E-state index is 13.0. The van der Waals surface area contributed by atoms with Crippen molar-refractivity contribution in [3.05, 3.63) is 0 Å². The monoisotopic (exact) mass is 412 g/mol. The molecule has 0 aromatic rings. The molecule has 10 heteroatoms. The molecule has 0 bridgehead atoms. The van der Waals surface area contributed by atoms with Gasteiger partial charge in [0.05, 0.1) is 24.9 Å². The van der Waals surface area contributed by atoms with Crippen LogP contribution in [0.2, 0.25) is 0 Å². The number of nitrogens with zero attached hydrogens (tertiary/aromatic N) is 2. The molecule has 2 atom stereocenters. The minimum absolute atomic E-state index is 0.210. The third-order valence-corrected chi connectivity index (χ3v) is 5.29. The molecule has 1 rings (SSSR count). The van der Waals surface area contributed by atoms with Crippen molar-refractivity contribution in [2.75, 3.05) is 26.7 Å². The highest BCUT2D eigenvalue weighted by atomic mass is 32.2. The summed E-state index contributed by atoms with van der Waals surface area (Å²) in [5, 5.41) is 9.12. The average molecular weight is 412 g/mol. The van der Waals surface area contributed by atoms with Gasteiger partial charge in [0.1, 0.15) is 16.1 Å². The summed E-state index contributed by atoms with van der Waals surface area (Å²) in [4.78, 5) is 25.9. The van der Waals surface area contributed by atoms with Gasteiger partial charge in [-0.3, -0.25) is 9.80 Å². The van der Waals surface area contributed by atoms with Crippen LogP contribution >= 0.6 is 11.8 Å². The van der Waals surface area contributed by atoms with E-state index >= 15 is 0 Å². The van der Waals surface area contributed by atoms with Crippen LogP contribution in [0.3, 0.4) is 0 Å². The Morgan fingerprint density at radius 1 is 1.11 bits per heavy atom. The Morgan fingerprint density at radius 3 is 1.96 bits per heavy atom. The van der Waals surface area contributed by atoms with Crippen molar-refractivity contribution in [1.82, 2.24) is 9.80 Å². The normalized spacial score (nSPS) is 22.4. The van der Waals surface area contributed by atoms with Crippen molar-refractivity contribution in [3.8, 4) is 0 Å². The summed E-state index contributed by atoms with van der Waals surface area (Å²) < 4.78 is 36.6. The van der Waals surface area contributed by atoms with E-state index in [1.165, 1.54) is 23.7 Å². The first-order valence-electron chi connectivity index (χ1n) is 8.63. The van der Waals surface area contributed by atoms with Crippen LogP contribution in [0.5, 0.6) is 0 Å². The first-order chi connectivity index (χ1) is 12.1. The molecule has 1 aliphatic heterocycles. The Morgan fingerprint density at radius 2 is 1.59 bits per heavy atom. The molecule has 1 unspecified atom stereocenters. The summed E-state index contributed by atoms with van der Waals surface area (Å²) in [6.07, 6.45) is -4.33. The van der Waals surface area contributed by atoms with E-state index in [1.54, 1.807) is 41.5 Å². The van der Waals surface area contributed by atoms with Gasteiger partial charge < -0.3 is 14.6 Å². The summed E-state index contributed by atoms with van der Waals surface area (Å²) in [7, 11) is 1.46. The van der Waals surface area contributed by atoms with Gasteiger partial charge >= 0.3 is 12.2 Å². The number of halogens is 2. The van der Waals surface area contributed by atoms with Crippen molar-refractivity contribution in [2.45, 2.75) is 69.3 Å². The average Bonchev–Trinajstić information content (AvgIpc) is 3.16. The lowest BCUT2D eigenvalue weighted by molar-refractivity contribution is -0.00442. The highest BCUT2D eigenvalue weighted by Crippen LogP contribution is 2.56. The summed E-state index contributed by atoms with van der Waals surface area (Å²) in [5.74, 6) is 0. The zero-order valence-corrected chi connectivity index (χ0v) is 17.7. The molecule has 0 aliphatic carbocycles. The number of thioether (sulfide) groups is 1. The van der Waals surface area contributed by atoms with Crippen molar-refractivity contribution >= 4 is 23.9 Å². The highest BCUT2D eigenvalue weighted by Gasteiger charge is 2.62. The van der Waals surface area contributed by atoms with Gasteiger partial charge in [-0.1, -0.05) is 0 Å². The second kappa shape index (κ2) is 8.38. The Labute approximate surface area is 163 Å². The van der Waals surface area contributed by atoms with Crippen molar-refractivity contribution in [3.63, 3.8) is 0 Å². The number of amides is 2. The van der Waals surface area contributed by atoms with E-state index in [1.807, 2.05) is 0 Å². The first kappa shape index (κ1) is 23.7. The molecule has 0 saturated carbocycles. The van der Waals surface area contributed by atoms with E-state index in [2.05, 4.69) is 0 Å². The molecule has 7 nitrogen and oxygen atoms in total. The smallest absolute Gasteiger partial charge is 0.411 e. The topological polar surface area (TPSA) is 79.3 Å². The molecule has 1 saturated heterocycles. The fourth-order valence-corrected chi connectivity index (χ4v) is 3.66. The molecule has 1 heterocycles. The minimum atomic E-state index is -2.77. The summed E-state index contributed by atoms with van der Waals surface area (Å²) >= 11 is 1.22. The Balaban J connectivity index is 3.02. The standard InChI is InChI=1S/C17H30F2N2O5S/c1-15(2,3)25-13(23)20(7)17(11(9-22)27-17)10-21(8-12(18)19)14(24)26-16(4,5)6/h11-12,22H,8-10H2,1-7H3/t11?,17-/m0/s1. The van der Waals surface area contributed by atoms with E-state index in [0.29, 0.717) is 0 Å². The molecule has 1 fully saturated rings. The number of aliphatic hydroxyl groups excluding tert-OH is 1. The number of ether oxygens (including phenoxy) is 2. The number of likely N-dealkylation sites (N-methyl/N-ethyl adjacent to an activating group) is 1. The van der Waals surface area contributed by atoms with E-state index in [0.717, 1.165) is 4.90 Å². The van der Waals surface area contributed by atoms with Gasteiger partial charge in [0.25, 0.3) is 6.43 Å². The number of carbonyl (C=O) groups is 2. The minimum Gasteiger partial charge on any atom is -0.444 e. The lowest BCUT2D eigenvalue weighted by atomic mass is 10.1. The van der Waals surface area contributed by atoms with E-state index in [9.17, 15) is 23.5 Å². The van der Waals surface area contributed by atoms with Gasteiger partial charge in [-0.05, 0) is 41.5 Å². The molecule has 2 amide bonds. The zero-order valence-electron chi connectivity index (χ0n) is 16.9. The Bertz CT molecular complexity index is 550. The quantitative estimate of drug-likeness (QED) is 0.675. The van der Waals surface area contributed by atoms with Crippen LogP contribution in [-0.4, -0.2) is 81.6 Å². The fraction of sp³-hybridized carbons (Fsp3) is 0.882. The largest absolute Gasteiger partial charge is 0.444 e. The van der Waals surface area contributed by atoms with Crippen LogP contribution in [-0.2, 0) is 9.47 Å². The molecule has 0 radical (unpaired) electrons. The van der Waals surface area contributed by atoms with E-state index < -0.39 is 46.5 Å². The molecular weight excluding hydrogens is 382 g/mol. The van der Waals surface area contributed by atoms with Gasteiger partial charge in [-0.2, -0.15) is 0 Å². The molecule has 1 N–H and O–H groups in total. The zero-order chi connectivity index (χ0) is 21.2. The number of alkyl halides is 2. The van der Waals surface area contributed by atoms with Crippen molar-refractivity contribution in [2.24, 2.45) is 0 Å². The second-order valence-corrected chi connectivity index (χ2v) is 9.94. The third-order valence-electron chi connectivity index (χ3n) is 3.62. The van der Waals surface area contributed by atoms with Gasteiger partial charge in [0, 0.05) is 7.05 Å². The number of hydrogen-bond acceptors (Lipinski definition) is 6. The number of hydrogen-bond donors (Lipinski definition) is 1. The third kappa shape index (κ3) is 6.99. The van der Waals surface area contributed by atoms with Gasteiger partial charge in [0.15, 0.2) is 0 Å². The van der Waals surface area contributed by atoms with Crippen LogP contribution < -0.4 is 0 Å². The number of carbonyl (C=O) groups excluding carboxylic acids is 2. The number of aliphatic hydroxyl groups is 1. The summed E-state index contributed by atoms with van der Waals surface area (Å²) in [6, 6.07) is 0. The Kier molecular flexibility index (Phi) is 7.37. The van der Waals surface area contributed by atoms with Crippen LogP contribution in [0.4, 0.5) is 18.4 Å². The highest BCUT2D eigenvalue weighted by molar-refractivity contribution is 8.08.